The van der Waals surface area contributed by atoms with Gasteiger partial charge in [-0.25, -0.2) is 0 Å². The molecule has 1 rings (SSSR count). The van der Waals surface area contributed by atoms with E-state index < -0.39 is 0 Å². The molecule has 0 aliphatic heterocycles. The van der Waals surface area contributed by atoms with E-state index in [9.17, 15) is 5.11 Å². The van der Waals surface area contributed by atoms with Crippen molar-refractivity contribution in [2.75, 3.05) is 0 Å². The van der Waals surface area contributed by atoms with Crippen LogP contribution in [0.2, 0.25) is 0 Å². The Hall–Kier alpha value is -0.690. The summed E-state index contributed by atoms with van der Waals surface area (Å²) in [4.78, 5) is 0. The van der Waals surface area contributed by atoms with Crippen LogP contribution in [0.15, 0.2) is 6.07 Å². The number of halogens is 1. The molecule has 15 heavy (non-hydrogen) atoms. The summed E-state index contributed by atoms with van der Waals surface area (Å²) < 4.78 is 0. The summed E-state index contributed by atoms with van der Waals surface area (Å²) in [5.41, 5.74) is 4.19. The van der Waals surface area contributed by atoms with E-state index in [0.717, 1.165) is 16.7 Å². The molecule has 0 saturated heterocycles. The zero-order valence-electron chi connectivity index (χ0n) is 10.1. The fourth-order valence-electron chi connectivity index (χ4n) is 1.85. The van der Waals surface area contributed by atoms with Gasteiger partial charge in [0.2, 0.25) is 0 Å². The highest BCUT2D eigenvalue weighted by atomic mass is 35.5. The first kappa shape index (κ1) is 12.4. The van der Waals surface area contributed by atoms with Crippen molar-refractivity contribution >= 4 is 11.6 Å². The molecule has 0 aliphatic rings. The van der Waals surface area contributed by atoms with Crippen molar-refractivity contribution in [1.29, 1.82) is 0 Å². The maximum absolute atomic E-state index is 9.85. The number of aromatic hydroxyl groups is 1. The highest BCUT2D eigenvalue weighted by molar-refractivity contribution is 6.17. The van der Waals surface area contributed by atoms with E-state index in [1.54, 1.807) is 0 Å². The maximum Gasteiger partial charge on any atom is 0.121 e. The zero-order valence-corrected chi connectivity index (χ0v) is 10.9. The summed E-state index contributed by atoms with van der Waals surface area (Å²) in [6.45, 7) is 10.3. The third-order valence-corrected chi connectivity index (χ3v) is 3.08. The summed E-state index contributed by atoms with van der Waals surface area (Å²) >= 11 is 5.96. The van der Waals surface area contributed by atoms with Gasteiger partial charge >= 0.3 is 0 Å². The Morgan fingerprint density at radius 3 is 2.20 bits per heavy atom. The third-order valence-electron chi connectivity index (χ3n) is 2.81. The molecule has 0 fully saturated rings. The van der Waals surface area contributed by atoms with Crippen LogP contribution in [0, 0.1) is 13.8 Å². The Bertz CT molecular complexity index is 375. The molecular formula is C13H19ClO. The molecule has 1 N–H and O–H groups in total. The van der Waals surface area contributed by atoms with E-state index in [1.165, 1.54) is 5.56 Å². The molecule has 1 nitrogen and oxygen atoms in total. The maximum atomic E-state index is 9.85. The topological polar surface area (TPSA) is 20.2 Å². The van der Waals surface area contributed by atoms with Crippen LogP contribution in [0.3, 0.4) is 0 Å². The standard InChI is InChI=1S/C13H19ClO/c1-8-6-11(13(3,4)5)10(7-14)9(2)12(8)15/h6,15H,7H2,1-5H3. The lowest BCUT2D eigenvalue weighted by Crippen LogP contribution is -2.15. The highest BCUT2D eigenvalue weighted by Crippen LogP contribution is 2.35. The molecule has 0 amide bonds. The Labute approximate surface area is 97.1 Å². The first-order valence-electron chi connectivity index (χ1n) is 5.17. The summed E-state index contributed by atoms with van der Waals surface area (Å²) in [6.07, 6.45) is 0. The molecule has 0 aliphatic carbocycles. The monoisotopic (exact) mass is 226 g/mol. The lowest BCUT2D eigenvalue weighted by molar-refractivity contribution is 0.464. The van der Waals surface area contributed by atoms with Gasteiger partial charge in [0, 0.05) is 5.88 Å². The smallest absolute Gasteiger partial charge is 0.121 e. The molecule has 0 unspecified atom stereocenters. The lowest BCUT2D eigenvalue weighted by atomic mass is 9.81. The Balaban J connectivity index is 3.53. The fourth-order valence-corrected chi connectivity index (χ4v) is 2.20. The molecule has 0 heterocycles. The van der Waals surface area contributed by atoms with Crippen LogP contribution < -0.4 is 0 Å². The molecule has 84 valence electrons. The summed E-state index contributed by atoms with van der Waals surface area (Å²) in [7, 11) is 0. The molecule has 0 atom stereocenters. The summed E-state index contributed by atoms with van der Waals surface area (Å²) in [5.74, 6) is 0.824. The van der Waals surface area contributed by atoms with Crippen LogP contribution >= 0.6 is 11.6 Å². The molecule has 0 saturated carbocycles. The van der Waals surface area contributed by atoms with Gasteiger partial charge in [0.1, 0.15) is 5.75 Å². The predicted molar refractivity (Wildman–Crippen MR) is 65.8 cm³/mol. The minimum absolute atomic E-state index is 0.0629. The Morgan fingerprint density at radius 2 is 1.80 bits per heavy atom. The summed E-state index contributed by atoms with van der Waals surface area (Å²) in [5, 5.41) is 9.85. The number of aryl methyl sites for hydroxylation is 1. The Morgan fingerprint density at radius 1 is 1.27 bits per heavy atom. The zero-order chi connectivity index (χ0) is 11.8. The van der Waals surface area contributed by atoms with Crippen molar-refractivity contribution in [2.45, 2.75) is 45.9 Å². The molecule has 0 radical (unpaired) electrons. The van der Waals surface area contributed by atoms with E-state index in [0.29, 0.717) is 11.6 Å². The quantitative estimate of drug-likeness (QED) is 0.717. The average molecular weight is 227 g/mol. The van der Waals surface area contributed by atoms with Crippen LogP contribution in [0.4, 0.5) is 0 Å². The first-order chi connectivity index (χ1) is 6.79. The predicted octanol–water partition coefficient (Wildman–Crippen LogP) is 4.05. The molecule has 0 aromatic heterocycles. The molecule has 0 bridgehead atoms. The first-order valence-corrected chi connectivity index (χ1v) is 5.71. The Kier molecular flexibility index (Phi) is 3.34. The van der Waals surface area contributed by atoms with E-state index in [-0.39, 0.29) is 5.41 Å². The van der Waals surface area contributed by atoms with Crippen LogP contribution in [0.1, 0.15) is 43.0 Å². The minimum atomic E-state index is 0.0629. The van der Waals surface area contributed by atoms with Crippen LogP contribution in [0.5, 0.6) is 5.75 Å². The number of alkyl halides is 1. The number of hydrogen-bond acceptors (Lipinski definition) is 1. The van der Waals surface area contributed by atoms with Gasteiger partial charge in [0.05, 0.1) is 0 Å². The second kappa shape index (κ2) is 4.05. The average Bonchev–Trinajstić information content (AvgIpc) is 2.12. The second-order valence-corrected chi connectivity index (χ2v) is 5.34. The fraction of sp³-hybridized carbons (Fsp3) is 0.538. The second-order valence-electron chi connectivity index (χ2n) is 5.08. The molecule has 1 aromatic carbocycles. The van der Waals surface area contributed by atoms with Gasteiger partial charge in [-0.1, -0.05) is 26.8 Å². The van der Waals surface area contributed by atoms with Gasteiger partial charge in [-0.15, -0.1) is 11.6 Å². The number of phenolic OH excluding ortho intramolecular Hbond substituents is 1. The number of benzene rings is 1. The largest absolute Gasteiger partial charge is 0.507 e. The van der Waals surface area contributed by atoms with E-state index in [2.05, 4.69) is 20.8 Å². The number of rotatable bonds is 1. The van der Waals surface area contributed by atoms with Crippen molar-refractivity contribution in [3.8, 4) is 5.75 Å². The highest BCUT2D eigenvalue weighted by Gasteiger charge is 2.21. The van der Waals surface area contributed by atoms with E-state index in [4.69, 9.17) is 11.6 Å². The molecule has 1 aromatic rings. The SMILES string of the molecule is Cc1cc(C(C)(C)C)c(CCl)c(C)c1O. The van der Waals surface area contributed by atoms with Crippen molar-refractivity contribution in [2.24, 2.45) is 0 Å². The normalized spacial score (nSPS) is 11.9. The van der Waals surface area contributed by atoms with Gasteiger partial charge in [0.25, 0.3) is 0 Å². The van der Waals surface area contributed by atoms with Crippen LogP contribution in [-0.2, 0) is 11.3 Å². The van der Waals surface area contributed by atoms with Crippen LogP contribution in [-0.4, -0.2) is 5.11 Å². The van der Waals surface area contributed by atoms with Crippen molar-refractivity contribution < 1.29 is 5.11 Å². The van der Waals surface area contributed by atoms with E-state index in [1.807, 2.05) is 19.9 Å². The van der Waals surface area contributed by atoms with Crippen molar-refractivity contribution in [3.05, 3.63) is 28.3 Å². The van der Waals surface area contributed by atoms with Gasteiger partial charge in [-0.05, 0) is 41.5 Å². The van der Waals surface area contributed by atoms with Gasteiger partial charge < -0.3 is 5.11 Å². The van der Waals surface area contributed by atoms with Gasteiger partial charge in [0.15, 0.2) is 0 Å². The van der Waals surface area contributed by atoms with Gasteiger partial charge in [-0.3, -0.25) is 0 Å². The number of hydrogen-bond donors (Lipinski definition) is 1. The van der Waals surface area contributed by atoms with Crippen LogP contribution in [0.25, 0.3) is 0 Å². The van der Waals surface area contributed by atoms with E-state index >= 15 is 0 Å². The molecular weight excluding hydrogens is 208 g/mol. The van der Waals surface area contributed by atoms with Crippen molar-refractivity contribution in [3.63, 3.8) is 0 Å². The van der Waals surface area contributed by atoms with Gasteiger partial charge in [-0.2, -0.15) is 0 Å². The molecule has 0 spiro atoms. The lowest BCUT2D eigenvalue weighted by Gasteiger charge is -2.25. The third kappa shape index (κ3) is 2.28. The minimum Gasteiger partial charge on any atom is -0.507 e. The number of phenols is 1. The summed E-state index contributed by atoms with van der Waals surface area (Å²) in [6, 6.07) is 2.04. The van der Waals surface area contributed by atoms with Crippen molar-refractivity contribution in [1.82, 2.24) is 0 Å². The molecule has 2 heteroatoms.